The Morgan fingerprint density at radius 1 is 1.50 bits per heavy atom. The Kier molecular flexibility index (Phi) is 1.94. The summed E-state index contributed by atoms with van der Waals surface area (Å²) in [6, 6.07) is 0. The van der Waals surface area contributed by atoms with Crippen molar-refractivity contribution in [1.29, 1.82) is 0 Å². The predicted octanol–water partition coefficient (Wildman–Crippen LogP) is 2.30. The zero-order valence-electron chi connectivity index (χ0n) is 6.41. The quantitative estimate of drug-likeness (QED) is 0.662. The van der Waals surface area contributed by atoms with E-state index in [1.165, 1.54) is 11.3 Å². The van der Waals surface area contributed by atoms with Crippen LogP contribution in [0, 0.1) is 0 Å². The summed E-state index contributed by atoms with van der Waals surface area (Å²) in [6.45, 7) is 2.03. The van der Waals surface area contributed by atoms with E-state index in [0.717, 1.165) is 22.5 Å². The van der Waals surface area contributed by atoms with Crippen LogP contribution >= 0.6 is 22.9 Å². The molecule has 0 aliphatic heterocycles. The molecule has 0 aromatic carbocycles. The van der Waals surface area contributed by atoms with Crippen molar-refractivity contribution in [2.45, 2.75) is 13.3 Å². The Balaban J connectivity index is 2.80. The number of hydrogen-bond donors (Lipinski definition) is 0. The molecule has 0 unspecified atom stereocenters. The third-order valence-electron chi connectivity index (χ3n) is 1.58. The molecule has 2 aromatic heterocycles. The van der Waals surface area contributed by atoms with Crippen molar-refractivity contribution in [3.8, 4) is 0 Å². The molecule has 0 radical (unpaired) electrons. The Bertz CT molecular complexity index is 412. The lowest BCUT2D eigenvalue weighted by Crippen LogP contribution is -1.91. The molecule has 2 rings (SSSR count). The molecule has 0 fully saturated rings. The Labute approximate surface area is 78.4 Å². The zero-order valence-corrected chi connectivity index (χ0v) is 7.98. The lowest BCUT2D eigenvalue weighted by molar-refractivity contribution is 1.02. The molecule has 0 saturated heterocycles. The van der Waals surface area contributed by atoms with Crippen LogP contribution in [0.5, 0.6) is 0 Å². The van der Waals surface area contributed by atoms with E-state index in [1.807, 2.05) is 6.92 Å². The second kappa shape index (κ2) is 2.95. The SMILES string of the molecule is CCc1nc(Cl)nc2scnc12. The second-order valence-electron chi connectivity index (χ2n) is 2.30. The summed E-state index contributed by atoms with van der Waals surface area (Å²) in [5, 5.41) is 0.309. The van der Waals surface area contributed by atoms with E-state index in [1.54, 1.807) is 5.51 Å². The van der Waals surface area contributed by atoms with Gasteiger partial charge in [-0.2, -0.15) is 0 Å². The average molecular weight is 200 g/mol. The van der Waals surface area contributed by atoms with Gasteiger partial charge in [-0.3, -0.25) is 0 Å². The van der Waals surface area contributed by atoms with Gasteiger partial charge in [0, 0.05) is 0 Å². The van der Waals surface area contributed by atoms with Crippen molar-refractivity contribution in [2.24, 2.45) is 0 Å². The van der Waals surface area contributed by atoms with Gasteiger partial charge >= 0.3 is 0 Å². The Morgan fingerprint density at radius 2 is 2.33 bits per heavy atom. The molecule has 5 heteroatoms. The van der Waals surface area contributed by atoms with Crippen LogP contribution in [0.4, 0.5) is 0 Å². The zero-order chi connectivity index (χ0) is 8.55. The highest BCUT2D eigenvalue weighted by molar-refractivity contribution is 7.16. The van der Waals surface area contributed by atoms with Crippen LogP contribution in [0.15, 0.2) is 5.51 Å². The van der Waals surface area contributed by atoms with E-state index >= 15 is 0 Å². The summed E-state index contributed by atoms with van der Waals surface area (Å²) in [4.78, 5) is 13.2. The number of fused-ring (bicyclic) bond motifs is 1. The third-order valence-corrected chi connectivity index (χ3v) is 2.47. The lowest BCUT2D eigenvalue weighted by atomic mass is 10.3. The van der Waals surface area contributed by atoms with Crippen LogP contribution in [0.2, 0.25) is 5.28 Å². The van der Waals surface area contributed by atoms with Crippen molar-refractivity contribution in [3.63, 3.8) is 0 Å². The van der Waals surface area contributed by atoms with Crippen LogP contribution in [0.3, 0.4) is 0 Å². The van der Waals surface area contributed by atoms with Crippen LogP contribution in [0.1, 0.15) is 12.6 Å². The van der Waals surface area contributed by atoms with E-state index in [0.29, 0.717) is 5.28 Å². The fraction of sp³-hybridized carbons (Fsp3) is 0.286. The summed E-state index contributed by atoms with van der Waals surface area (Å²) in [6.07, 6.45) is 0.836. The van der Waals surface area contributed by atoms with Gasteiger partial charge in [0.2, 0.25) is 5.28 Å². The normalized spacial score (nSPS) is 10.8. The van der Waals surface area contributed by atoms with Crippen LogP contribution in [-0.4, -0.2) is 15.0 Å². The summed E-state index contributed by atoms with van der Waals surface area (Å²) < 4.78 is 0. The Hall–Kier alpha value is -0.740. The topological polar surface area (TPSA) is 38.7 Å². The molecule has 3 nitrogen and oxygen atoms in total. The van der Waals surface area contributed by atoms with Gasteiger partial charge in [0.1, 0.15) is 10.3 Å². The minimum Gasteiger partial charge on any atom is -0.241 e. The molecule has 2 heterocycles. The highest BCUT2D eigenvalue weighted by Gasteiger charge is 2.06. The van der Waals surface area contributed by atoms with Crippen LogP contribution < -0.4 is 0 Å². The summed E-state index contributed by atoms with van der Waals surface area (Å²) in [5.41, 5.74) is 3.56. The molecular formula is C7H6ClN3S. The van der Waals surface area contributed by atoms with Crippen molar-refractivity contribution >= 4 is 33.3 Å². The largest absolute Gasteiger partial charge is 0.241 e. The smallest absolute Gasteiger partial charge is 0.224 e. The molecule has 0 amide bonds. The molecule has 0 atom stereocenters. The third kappa shape index (κ3) is 1.17. The van der Waals surface area contributed by atoms with Crippen molar-refractivity contribution in [1.82, 2.24) is 15.0 Å². The van der Waals surface area contributed by atoms with Gasteiger partial charge in [-0.05, 0) is 18.0 Å². The molecule has 0 saturated carbocycles. The number of halogens is 1. The monoisotopic (exact) mass is 199 g/mol. The number of aromatic nitrogens is 3. The van der Waals surface area contributed by atoms with Gasteiger partial charge in [-0.25, -0.2) is 15.0 Å². The van der Waals surface area contributed by atoms with E-state index in [-0.39, 0.29) is 0 Å². The van der Waals surface area contributed by atoms with Crippen LogP contribution in [-0.2, 0) is 6.42 Å². The molecule has 62 valence electrons. The minimum atomic E-state index is 0.309. The van der Waals surface area contributed by atoms with Gasteiger partial charge in [0.15, 0.2) is 0 Å². The first kappa shape index (κ1) is 7.89. The van der Waals surface area contributed by atoms with E-state index in [4.69, 9.17) is 11.6 Å². The lowest BCUT2D eigenvalue weighted by Gasteiger charge is -1.96. The highest BCUT2D eigenvalue weighted by Crippen LogP contribution is 2.19. The molecule has 12 heavy (non-hydrogen) atoms. The number of hydrogen-bond acceptors (Lipinski definition) is 4. The summed E-state index contributed by atoms with van der Waals surface area (Å²) in [7, 11) is 0. The van der Waals surface area contributed by atoms with Crippen molar-refractivity contribution < 1.29 is 0 Å². The fourth-order valence-corrected chi connectivity index (χ4v) is 1.95. The molecule has 2 aromatic rings. The van der Waals surface area contributed by atoms with Gasteiger partial charge in [0.25, 0.3) is 0 Å². The summed E-state index contributed by atoms with van der Waals surface area (Å²) >= 11 is 7.20. The fourth-order valence-electron chi connectivity index (χ4n) is 1.04. The predicted molar refractivity (Wildman–Crippen MR) is 49.6 cm³/mol. The van der Waals surface area contributed by atoms with Crippen molar-refractivity contribution in [2.75, 3.05) is 0 Å². The van der Waals surface area contributed by atoms with E-state index < -0.39 is 0 Å². The maximum absolute atomic E-state index is 5.72. The van der Waals surface area contributed by atoms with Gasteiger partial charge < -0.3 is 0 Å². The number of thiazole rings is 1. The first-order valence-electron chi connectivity index (χ1n) is 3.57. The van der Waals surface area contributed by atoms with Gasteiger partial charge in [-0.1, -0.05) is 6.92 Å². The Morgan fingerprint density at radius 3 is 3.08 bits per heavy atom. The van der Waals surface area contributed by atoms with Gasteiger partial charge in [0.05, 0.1) is 11.2 Å². The maximum Gasteiger partial charge on any atom is 0.224 e. The molecule has 0 N–H and O–H groups in total. The summed E-state index contributed by atoms with van der Waals surface area (Å²) in [5.74, 6) is 0. The van der Waals surface area contributed by atoms with Crippen LogP contribution in [0.25, 0.3) is 10.3 Å². The number of aryl methyl sites for hydroxylation is 1. The highest BCUT2D eigenvalue weighted by atomic mass is 35.5. The van der Waals surface area contributed by atoms with E-state index in [9.17, 15) is 0 Å². The van der Waals surface area contributed by atoms with Gasteiger partial charge in [-0.15, -0.1) is 11.3 Å². The molecule has 0 aliphatic rings. The molecular weight excluding hydrogens is 194 g/mol. The molecule has 0 bridgehead atoms. The maximum atomic E-state index is 5.72. The first-order chi connectivity index (χ1) is 5.81. The molecule has 0 aliphatic carbocycles. The average Bonchev–Trinajstić information content (AvgIpc) is 2.50. The first-order valence-corrected chi connectivity index (χ1v) is 4.82. The number of rotatable bonds is 1. The molecule has 0 spiro atoms. The standard InChI is InChI=1S/C7H6ClN3S/c1-2-4-5-6(12-3-9-5)11-7(8)10-4/h3H,2H2,1H3. The number of nitrogens with zero attached hydrogens (tertiary/aromatic N) is 3. The van der Waals surface area contributed by atoms with E-state index in [2.05, 4.69) is 15.0 Å². The minimum absolute atomic E-state index is 0.309. The second-order valence-corrected chi connectivity index (χ2v) is 3.47. The van der Waals surface area contributed by atoms with Crippen molar-refractivity contribution in [3.05, 3.63) is 16.5 Å².